The second-order valence-corrected chi connectivity index (χ2v) is 5.04. The molecule has 2 nitrogen and oxygen atoms in total. The maximum absolute atomic E-state index is 13.8. The highest BCUT2D eigenvalue weighted by atomic mass is 79.9. The van der Waals surface area contributed by atoms with Crippen molar-refractivity contribution in [1.29, 1.82) is 0 Å². The minimum atomic E-state index is -0.575. The van der Waals surface area contributed by atoms with Crippen molar-refractivity contribution < 1.29 is 13.5 Å². The van der Waals surface area contributed by atoms with Gasteiger partial charge in [-0.15, -0.1) is 0 Å². The molecule has 0 bridgehead atoms. The molecule has 0 amide bonds. The molecule has 100 valence electrons. The first kappa shape index (κ1) is 14.0. The minimum absolute atomic E-state index is 0.0468. The van der Waals surface area contributed by atoms with Gasteiger partial charge in [0.1, 0.15) is 0 Å². The van der Waals surface area contributed by atoms with Crippen molar-refractivity contribution in [3.8, 4) is 11.5 Å². The van der Waals surface area contributed by atoms with Crippen LogP contribution >= 0.6 is 15.9 Å². The van der Waals surface area contributed by atoms with Crippen molar-refractivity contribution in [2.24, 2.45) is 5.73 Å². The van der Waals surface area contributed by atoms with Gasteiger partial charge in [0.2, 0.25) is 0 Å². The van der Waals surface area contributed by atoms with E-state index >= 15 is 0 Å². The molecule has 0 spiro atoms. The van der Waals surface area contributed by atoms with Gasteiger partial charge in [-0.3, -0.25) is 0 Å². The van der Waals surface area contributed by atoms with Crippen LogP contribution in [0.1, 0.15) is 18.5 Å². The standard InChI is InChI=1S/C14H12BrF2NO/c1-8(18)10-3-2-4-12(17)14(10)19-13-7-9(15)5-6-11(13)16/h2-8H,18H2,1H3. The quantitative estimate of drug-likeness (QED) is 0.898. The van der Waals surface area contributed by atoms with Crippen molar-refractivity contribution in [2.75, 3.05) is 0 Å². The molecule has 19 heavy (non-hydrogen) atoms. The van der Waals surface area contributed by atoms with Crippen LogP contribution < -0.4 is 10.5 Å². The number of nitrogens with two attached hydrogens (primary N) is 1. The van der Waals surface area contributed by atoms with Crippen molar-refractivity contribution in [1.82, 2.24) is 0 Å². The summed E-state index contributed by atoms with van der Waals surface area (Å²) < 4.78 is 33.4. The molecule has 0 aliphatic heterocycles. The Kier molecular flexibility index (Phi) is 4.17. The highest BCUT2D eigenvalue weighted by molar-refractivity contribution is 9.10. The molecule has 0 fully saturated rings. The summed E-state index contributed by atoms with van der Waals surface area (Å²) in [7, 11) is 0. The zero-order valence-electron chi connectivity index (χ0n) is 10.2. The van der Waals surface area contributed by atoms with Crippen LogP contribution in [-0.2, 0) is 0 Å². The predicted molar refractivity (Wildman–Crippen MR) is 73.2 cm³/mol. The van der Waals surface area contributed by atoms with Gasteiger partial charge in [0.15, 0.2) is 23.1 Å². The predicted octanol–water partition coefficient (Wildman–Crippen LogP) is 4.54. The van der Waals surface area contributed by atoms with E-state index in [1.165, 1.54) is 30.3 Å². The summed E-state index contributed by atoms with van der Waals surface area (Å²) in [6.45, 7) is 1.71. The molecule has 0 aliphatic carbocycles. The van der Waals surface area contributed by atoms with Gasteiger partial charge in [0.05, 0.1) is 0 Å². The first-order valence-corrected chi connectivity index (χ1v) is 6.45. The summed E-state index contributed by atoms with van der Waals surface area (Å²) in [6, 6.07) is 8.24. The summed E-state index contributed by atoms with van der Waals surface area (Å²) in [6.07, 6.45) is 0. The summed E-state index contributed by atoms with van der Waals surface area (Å²) in [5.41, 5.74) is 6.24. The summed E-state index contributed by atoms with van der Waals surface area (Å²) >= 11 is 3.21. The number of halogens is 3. The van der Waals surface area contributed by atoms with Crippen LogP contribution in [0.3, 0.4) is 0 Å². The first-order chi connectivity index (χ1) is 8.99. The Morgan fingerprint density at radius 2 is 1.89 bits per heavy atom. The maximum Gasteiger partial charge on any atom is 0.167 e. The molecule has 0 radical (unpaired) electrons. The molecular weight excluding hydrogens is 316 g/mol. The Bertz CT molecular complexity index is 602. The van der Waals surface area contributed by atoms with E-state index < -0.39 is 17.7 Å². The molecule has 2 aromatic carbocycles. The number of para-hydroxylation sites is 1. The highest BCUT2D eigenvalue weighted by Crippen LogP contribution is 2.33. The largest absolute Gasteiger partial charge is 0.451 e. The third-order valence-electron chi connectivity index (χ3n) is 2.59. The molecule has 0 heterocycles. The van der Waals surface area contributed by atoms with Crippen LogP contribution in [0.15, 0.2) is 40.9 Å². The third-order valence-corrected chi connectivity index (χ3v) is 3.09. The molecule has 5 heteroatoms. The zero-order chi connectivity index (χ0) is 14.0. The van der Waals surface area contributed by atoms with Gasteiger partial charge in [-0.25, -0.2) is 8.78 Å². The molecule has 0 aromatic heterocycles. The topological polar surface area (TPSA) is 35.2 Å². The third kappa shape index (κ3) is 3.11. The lowest BCUT2D eigenvalue weighted by Gasteiger charge is -2.15. The van der Waals surface area contributed by atoms with Gasteiger partial charge in [-0.1, -0.05) is 28.1 Å². The van der Waals surface area contributed by atoms with Crippen molar-refractivity contribution in [3.63, 3.8) is 0 Å². The van der Waals surface area contributed by atoms with E-state index in [0.717, 1.165) is 0 Å². The van der Waals surface area contributed by atoms with Crippen molar-refractivity contribution >= 4 is 15.9 Å². The van der Waals surface area contributed by atoms with E-state index in [1.807, 2.05) is 0 Å². The van der Waals surface area contributed by atoms with Crippen LogP contribution in [0, 0.1) is 11.6 Å². The van der Waals surface area contributed by atoms with Gasteiger partial charge in [0.25, 0.3) is 0 Å². The number of rotatable bonds is 3. The second-order valence-electron chi connectivity index (χ2n) is 4.12. The van der Waals surface area contributed by atoms with Gasteiger partial charge < -0.3 is 10.5 Å². The van der Waals surface area contributed by atoms with E-state index in [9.17, 15) is 8.78 Å². The average Bonchev–Trinajstić information content (AvgIpc) is 2.35. The number of ether oxygens (including phenoxy) is 1. The van der Waals surface area contributed by atoms with Gasteiger partial charge in [0, 0.05) is 16.1 Å². The SMILES string of the molecule is CC(N)c1cccc(F)c1Oc1cc(Br)ccc1F. The fourth-order valence-corrected chi connectivity index (χ4v) is 2.00. The van der Waals surface area contributed by atoms with Crippen LogP contribution in [0.4, 0.5) is 8.78 Å². The first-order valence-electron chi connectivity index (χ1n) is 5.66. The van der Waals surface area contributed by atoms with Crippen LogP contribution in [0.25, 0.3) is 0 Å². The van der Waals surface area contributed by atoms with E-state index in [4.69, 9.17) is 10.5 Å². The lowest BCUT2D eigenvalue weighted by Crippen LogP contribution is -2.08. The molecule has 1 atom stereocenters. The molecule has 2 rings (SSSR count). The monoisotopic (exact) mass is 327 g/mol. The Labute approximate surface area is 118 Å². The molecule has 0 saturated carbocycles. The molecule has 2 aromatic rings. The molecule has 0 saturated heterocycles. The van der Waals surface area contributed by atoms with Crippen molar-refractivity contribution in [2.45, 2.75) is 13.0 Å². The van der Waals surface area contributed by atoms with E-state index in [2.05, 4.69) is 15.9 Å². The minimum Gasteiger partial charge on any atom is -0.451 e. The lowest BCUT2D eigenvalue weighted by atomic mass is 10.1. The number of hydrogen-bond donors (Lipinski definition) is 1. The summed E-state index contributed by atoms with van der Waals surface area (Å²) in [4.78, 5) is 0. The summed E-state index contributed by atoms with van der Waals surface area (Å²) in [5, 5.41) is 0. The number of hydrogen-bond acceptors (Lipinski definition) is 2. The van der Waals surface area contributed by atoms with Gasteiger partial charge >= 0.3 is 0 Å². The fraction of sp³-hybridized carbons (Fsp3) is 0.143. The van der Waals surface area contributed by atoms with Gasteiger partial charge in [-0.2, -0.15) is 0 Å². The average molecular weight is 328 g/mol. The van der Waals surface area contributed by atoms with Crippen LogP contribution in [0.5, 0.6) is 11.5 Å². The molecular formula is C14H12BrF2NO. The lowest BCUT2D eigenvalue weighted by molar-refractivity contribution is 0.407. The Morgan fingerprint density at radius 1 is 1.16 bits per heavy atom. The summed E-state index contributed by atoms with van der Waals surface area (Å²) in [5.74, 6) is -1.24. The van der Waals surface area contributed by atoms with Crippen LogP contribution in [-0.4, -0.2) is 0 Å². The van der Waals surface area contributed by atoms with E-state index in [0.29, 0.717) is 10.0 Å². The second kappa shape index (κ2) is 5.67. The van der Waals surface area contributed by atoms with Crippen LogP contribution in [0.2, 0.25) is 0 Å². The molecule has 0 aliphatic rings. The molecule has 1 unspecified atom stereocenters. The number of benzene rings is 2. The Balaban J connectivity index is 2.46. The van der Waals surface area contributed by atoms with E-state index in [1.54, 1.807) is 13.0 Å². The Hall–Kier alpha value is -1.46. The normalized spacial score (nSPS) is 12.3. The molecule has 2 N–H and O–H groups in total. The van der Waals surface area contributed by atoms with E-state index in [-0.39, 0.29) is 11.5 Å². The fourth-order valence-electron chi connectivity index (χ4n) is 1.66. The smallest absolute Gasteiger partial charge is 0.167 e. The zero-order valence-corrected chi connectivity index (χ0v) is 11.7. The highest BCUT2D eigenvalue weighted by Gasteiger charge is 2.15. The van der Waals surface area contributed by atoms with Gasteiger partial charge in [-0.05, 0) is 31.2 Å². The maximum atomic E-state index is 13.8. The van der Waals surface area contributed by atoms with Crippen molar-refractivity contribution in [3.05, 3.63) is 58.1 Å². The Morgan fingerprint density at radius 3 is 2.58 bits per heavy atom.